The minimum Gasteiger partial charge on any atom is -0.491 e. The molecule has 1 unspecified atom stereocenters. The van der Waals surface area contributed by atoms with Gasteiger partial charge in [-0.15, -0.1) is 0 Å². The third kappa shape index (κ3) is 4.61. The molecular formula is C16H19O3P. The molecular weight excluding hydrogens is 271 g/mol. The van der Waals surface area contributed by atoms with E-state index in [0.29, 0.717) is 13.2 Å². The Bertz CT molecular complexity index is 508. The molecule has 0 aliphatic rings. The zero-order valence-electron chi connectivity index (χ0n) is 11.3. The first-order chi connectivity index (χ1) is 9.81. The van der Waals surface area contributed by atoms with Crippen LogP contribution in [0.2, 0.25) is 0 Å². The summed E-state index contributed by atoms with van der Waals surface area (Å²) in [6.07, 6.45) is 0.876. The average Bonchev–Trinajstić information content (AvgIpc) is 2.50. The van der Waals surface area contributed by atoms with Gasteiger partial charge in [-0.1, -0.05) is 36.4 Å². The van der Waals surface area contributed by atoms with Crippen molar-refractivity contribution in [3.63, 3.8) is 0 Å². The van der Waals surface area contributed by atoms with Crippen LogP contribution in [0, 0.1) is 0 Å². The summed E-state index contributed by atoms with van der Waals surface area (Å²) in [5, 5.41) is 9.01. The highest BCUT2D eigenvalue weighted by molar-refractivity contribution is 7.09. The largest absolute Gasteiger partial charge is 0.491 e. The van der Waals surface area contributed by atoms with Crippen LogP contribution in [0.4, 0.5) is 0 Å². The summed E-state index contributed by atoms with van der Waals surface area (Å²) in [5.74, 6) is 0.853. The lowest BCUT2D eigenvalue weighted by Crippen LogP contribution is -2.02. The topological polar surface area (TPSA) is 38.7 Å². The Morgan fingerprint density at radius 3 is 1.90 bits per heavy atom. The molecule has 2 aromatic carbocycles. The zero-order chi connectivity index (χ0) is 14.2. The predicted molar refractivity (Wildman–Crippen MR) is 82.8 cm³/mol. The lowest BCUT2D eigenvalue weighted by atomic mass is 10.0. The van der Waals surface area contributed by atoms with Gasteiger partial charge in [0, 0.05) is 9.47 Å². The van der Waals surface area contributed by atoms with Crippen molar-refractivity contribution in [3.8, 4) is 5.75 Å². The van der Waals surface area contributed by atoms with Crippen LogP contribution in [0.15, 0.2) is 48.5 Å². The minimum atomic E-state index is 0.0896. The summed E-state index contributed by atoms with van der Waals surface area (Å²) in [7, 11) is 2.21. The van der Waals surface area contributed by atoms with Crippen LogP contribution in [-0.4, -0.2) is 18.3 Å². The van der Waals surface area contributed by atoms with Crippen molar-refractivity contribution in [1.82, 2.24) is 0 Å². The molecule has 0 aliphatic carbocycles. The highest BCUT2D eigenvalue weighted by Crippen LogP contribution is 2.16. The quantitative estimate of drug-likeness (QED) is 0.629. The number of ether oxygens (including phenoxy) is 1. The Hall–Kier alpha value is -1.41. The Morgan fingerprint density at radius 2 is 1.35 bits per heavy atom. The molecule has 0 aliphatic heterocycles. The Morgan fingerprint density at radius 1 is 0.800 bits per heavy atom. The molecule has 0 saturated carbocycles. The van der Waals surface area contributed by atoms with Gasteiger partial charge in [0.25, 0.3) is 0 Å². The van der Waals surface area contributed by atoms with E-state index >= 15 is 0 Å². The molecule has 0 spiro atoms. The van der Waals surface area contributed by atoms with Gasteiger partial charge in [-0.3, -0.25) is 0 Å². The van der Waals surface area contributed by atoms with Crippen molar-refractivity contribution in [1.29, 1.82) is 0 Å². The summed E-state index contributed by atoms with van der Waals surface area (Å²) in [6.45, 7) is 1.20. The van der Waals surface area contributed by atoms with Crippen molar-refractivity contribution in [2.45, 2.75) is 13.0 Å². The van der Waals surface area contributed by atoms with Gasteiger partial charge in [0.2, 0.25) is 0 Å². The summed E-state index contributed by atoms with van der Waals surface area (Å²) >= 11 is 0. The first kappa shape index (κ1) is 15.0. The lowest BCUT2D eigenvalue weighted by molar-refractivity contribution is 0.238. The Labute approximate surface area is 121 Å². The fourth-order valence-electron chi connectivity index (χ4n) is 1.91. The molecule has 20 heavy (non-hydrogen) atoms. The number of hydrogen-bond acceptors (Lipinski definition) is 3. The second kappa shape index (κ2) is 8.01. The van der Waals surface area contributed by atoms with E-state index in [0.717, 1.165) is 17.7 Å². The number of rotatable bonds is 7. The summed E-state index contributed by atoms with van der Waals surface area (Å²) in [4.78, 5) is 0. The average molecular weight is 290 g/mol. The van der Waals surface area contributed by atoms with Gasteiger partial charge in [-0.2, -0.15) is 0 Å². The number of aliphatic hydroxyl groups excluding tert-OH is 1. The first-order valence-electron chi connectivity index (χ1n) is 6.54. The number of aliphatic hydroxyl groups is 1. The Kier molecular flexibility index (Phi) is 6.00. The molecule has 0 saturated heterocycles. The van der Waals surface area contributed by atoms with Crippen LogP contribution >= 0.6 is 9.47 Å². The van der Waals surface area contributed by atoms with E-state index < -0.39 is 0 Å². The molecule has 1 atom stereocenters. The van der Waals surface area contributed by atoms with Crippen molar-refractivity contribution < 1.29 is 14.4 Å². The monoisotopic (exact) mass is 290 g/mol. The fraction of sp³-hybridized carbons (Fsp3) is 0.250. The third-order valence-electron chi connectivity index (χ3n) is 3.01. The maximum atomic E-state index is 9.01. The molecule has 1 N–H and O–H groups in total. The van der Waals surface area contributed by atoms with Crippen LogP contribution in [0.25, 0.3) is 0 Å². The van der Waals surface area contributed by atoms with Gasteiger partial charge in [0.15, 0.2) is 0 Å². The van der Waals surface area contributed by atoms with Gasteiger partial charge in [0.1, 0.15) is 12.4 Å². The van der Waals surface area contributed by atoms with E-state index in [9.17, 15) is 0 Å². The molecule has 0 amide bonds. The molecule has 0 fully saturated rings. The van der Waals surface area contributed by atoms with Gasteiger partial charge in [-0.25, -0.2) is 0 Å². The summed E-state index contributed by atoms with van der Waals surface area (Å²) in [6, 6.07) is 16.1. The number of hydrogen-bond donors (Lipinski definition) is 1. The predicted octanol–water partition coefficient (Wildman–Crippen LogP) is 2.96. The third-order valence-corrected chi connectivity index (χ3v) is 3.24. The highest BCUT2D eigenvalue weighted by atomic mass is 31.0. The van der Waals surface area contributed by atoms with Crippen LogP contribution in [0.1, 0.15) is 16.7 Å². The molecule has 0 aromatic heterocycles. The molecule has 0 bridgehead atoms. The maximum absolute atomic E-state index is 9.01. The minimum absolute atomic E-state index is 0.0896. The first-order valence-corrected chi connectivity index (χ1v) is 7.01. The van der Waals surface area contributed by atoms with Gasteiger partial charge in [0.05, 0.1) is 13.2 Å². The van der Waals surface area contributed by atoms with E-state index in [-0.39, 0.29) is 6.61 Å². The van der Waals surface area contributed by atoms with E-state index in [1.54, 1.807) is 0 Å². The van der Waals surface area contributed by atoms with Crippen molar-refractivity contribution in [2.75, 3.05) is 13.2 Å². The molecule has 4 heteroatoms. The van der Waals surface area contributed by atoms with Crippen LogP contribution in [-0.2, 0) is 17.6 Å². The summed E-state index contributed by atoms with van der Waals surface area (Å²) in [5.41, 5.74) is 3.40. The van der Waals surface area contributed by atoms with Crippen molar-refractivity contribution >= 4 is 9.47 Å². The van der Waals surface area contributed by atoms with E-state index in [4.69, 9.17) is 14.4 Å². The van der Waals surface area contributed by atoms with E-state index in [1.807, 2.05) is 36.4 Å². The van der Waals surface area contributed by atoms with E-state index in [2.05, 4.69) is 21.6 Å². The molecule has 106 valence electrons. The highest BCUT2D eigenvalue weighted by Gasteiger charge is 1.99. The van der Waals surface area contributed by atoms with Crippen molar-refractivity contribution in [3.05, 3.63) is 65.2 Å². The van der Waals surface area contributed by atoms with Crippen LogP contribution < -0.4 is 4.74 Å². The molecule has 0 heterocycles. The van der Waals surface area contributed by atoms with Crippen molar-refractivity contribution in [2.24, 2.45) is 0 Å². The standard InChI is InChI=1S/C16H19O3P/c17-12-15-3-1-13(2-4-15)11-14-5-7-16(8-6-14)18-9-10-19-20/h1-8,17H,9-12,20H2. The second-order valence-electron chi connectivity index (χ2n) is 4.51. The normalized spacial score (nSPS) is 10.5. The smallest absolute Gasteiger partial charge is 0.119 e. The molecule has 3 nitrogen and oxygen atoms in total. The molecule has 2 rings (SSSR count). The van der Waals surface area contributed by atoms with Gasteiger partial charge in [-0.05, 0) is 35.2 Å². The second-order valence-corrected chi connectivity index (χ2v) is 4.85. The number of benzene rings is 2. The van der Waals surface area contributed by atoms with Gasteiger partial charge >= 0.3 is 0 Å². The van der Waals surface area contributed by atoms with Crippen LogP contribution in [0.3, 0.4) is 0 Å². The Balaban J connectivity index is 1.92. The van der Waals surface area contributed by atoms with E-state index in [1.165, 1.54) is 11.1 Å². The SMILES string of the molecule is OCc1ccc(Cc2ccc(OCCOP)cc2)cc1. The van der Waals surface area contributed by atoms with Crippen LogP contribution in [0.5, 0.6) is 5.75 Å². The fourth-order valence-corrected chi connectivity index (χ4v) is 2.01. The lowest BCUT2D eigenvalue weighted by Gasteiger charge is -2.07. The zero-order valence-corrected chi connectivity index (χ0v) is 12.4. The molecule has 0 radical (unpaired) electrons. The maximum Gasteiger partial charge on any atom is 0.119 e. The summed E-state index contributed by atoms with van der Waals surface area (Å²) < 4.78 is 10.4. The van der Waals surface area contributed by atoms with Gasteiger partial charge < -0.3 is 14.4 Å². The molecule has 2 aromatic rings.